The van der Waals surface area contributed by atoms with Gasteiger partial charge in [0.05, 0.1) is 5.97 Å². The Hall–Kier alpha value is -0.790. The Bertz CT molecular complexity index is 294. The topological polar surface area (TPSA) is 40.1 Å². The Kier molecular flexibility index (Phi) is 17.0. The predicted molar refractivity (Wildman–Crippen MR) is 98.3 cm³/mol. The monoisotopic (exact) mass is 323 g/mol. The van der Waals surface area contributed by atoms with E-state index in [2.05, 4.69) is 13.8 Å². The van der Waals surface area contributed by atoms with Crippen molar-refractivity contribution in [3.8, 4) is 0 Å². The largest absolute Gasteiger partial charge is 0.545 e. The molecule has 0 saturated carbocycles. The van der Waals surface area contributed by atoms with Gasteiger partial charge in [-0.1, -0.05) is 97.0 Å². The number of carbonyl (C=O) groups is 1. The maximum Gasteiger partial charge on any atom is 0.0671 e. The average Bonchev–Trinajstić information content (AvgIpc) is 2.54. The molecule has 0 N–H and O–H groups in total. The highest BCUT2D eigenvalue weighted by molar-refractivity contribution is 5.84. The molecule has 0 unspecified atom stereocenters. The van der Waals surface area contributed by atoms with Gasteiger partial charge in [0.2, 0.25) is 0 Å². The van der Waals surface area contributed by atoms with Crippen LogP contribution >= 0.6 is 0 Å². The van der Waals surface area contributed by atoms with Crippen LogP contribution in [-0.2, 0) is 4.79 Å². The van der Waals surface area contributed by atoms with Crippen molar-refractivity contribution in [2.75, 3.05) is 0 Å². The fraction of sp³-hybridized carbons (Fsp3) is 0.857. The number of carboxylic acid groups (broad SMARTS) is 1. The average molecular weight is 324 g/mol. The van der Waals surface area contributed by atoms with E-state index in [0.29, 0.717) is 12.0 Å². The van der Waals surface area contributed by atoms with E-state index in [4.69, 9.17) is 0 Å². The molecule has 0 aromatic carbocycles. The first-order chi connectivity index (χ1) is 11.2. The molecule has 2 heteroatoms. The van der Waals surface area contributed by atoms with E-state index in [1.165, 1.54) is 70.6 Å². The summed E-state index contributed by atoms with van der Waals surface area (Å²) in [7, 11) is 0. The molecule has 0 amide bonds. The van der Waals surface area contributed by atoms with E-state index in [1.807, 2.05) is 6.08 Å². The zero-order valence-corrected chi connectivity index (χ0v) is 15.7. The molecule has 0 rings (SSSR count). The highest BCUT2D eigenvalue weighted by atomic mass is 16.4. The molecule has 2 nitrogen and oxygen atoms in total. The fourth-order valence-electron chi connectivity index (χ4n) is 2.94. The predicted octanol–water partition coefficient (Wildman–Crippen LogP) is 5.94. The van der Waals surface area contributed by atoms with Gasteiger partial charge in [-0.05, 0) is 31.3 Å². The van der Waals surface area contributed by atoms with Crippen molar-refractivity contribution >= 4 is 5.97 Å². The molecule has 0 fully saturated rings. The van der Waals surface area contributed by atoms with E-state index < -0.39 is 5.97 Å². The van der Waals surface area contributed by atoms with Crippen LogP contribution in [0.25, 0.3) is 0 Å². The van der Waals surface area contributed by atoms with Gasteiger partial charge in [0, 0.05) is 0 Å². The minimum Gasteiger partial charge on any atom is -0.545 e. The van der Waals surface area contributed by atoms with Gasteiger partial charge in [0.1, 0.15) is 0 Å². The maximum atomic E-state index is 11.2. The van der Waals surface area contributed by atoms with Gasteiger partial charge >= 0.3 is 0 Å². The lowest BCUT2D eigenvalue weighted by molar-refractivity contribution is -0.299. The summed E-state index contributed by atoms with van der Waals surface area (Å²) in [5, 5.41) is 11.2. The number of hydrogen-bond acceptors (Lipinski definition) is 2. The number of hydrogen-bond donors (Lipinski definition) is 0. The molecule has 0 radical (unpaired) electrons. The van der Waals surface area contributed by atoms with Crippen molar-refractivity contribution in [3.63, 3.8) is 0 Å². The van der Waals surface area contributed by atoms with Crippen LogP contribution in [0.15, 0.2) is 11.6 Å². The molecule has 0 atom stereocenters. The molecule has 0 spiro atoms. The third-order valence-electron chi connectivity index (χ3n) is 4.51. The second-order valence-electron chi connectivity index (χ2n) is 6.80. The van der Waals surface area contributed by atoms with Gasteiger partial charge in [-0.25, -0.2) is 0 Å². The van der Waals surface area contributed by atoms with Crippen molar-refractivity contribution in [2.24, 2.45) is 0 Å². The molecule has 0 saturated heterocycles. The smallest absolute Gasteiger partial charge is 0.0671 e. The van der Waals surface area contributed by atoms with Gasteiger partial charge in [-0.3, -0.25) is 0 Å². The Labute approximate surface area is 144 Å². The zero-order valence-electron chi connectivity index (χ0n) is 15.7. The van der Waals surface area contributed by atoms with Crippen molar-refractivity contribution < 1.29 is 9.90 Å². The van der Waals surface area contributed by atoms with Crippen molar-refractivity contribution in [1.29, 1.82) is 0 Å². The van der Waals surface area contributed by atoms with Crippen molar-refractivity contribution in [3.05, 3.63) is 11.6 Å². The Morgan fingerprint density at radius 1 is 0.696 bits per heavy atom. The Balaban J connectivity index is 3.64. The number of rotatable bonds is 17. The van der Waals surface area contributed by atoms with Crippen LogP contribution in [0.4, 0.5) is 0 Å². The summed E-state index contributed by atoms with van der Waals surface area (Å²) in [6.07, 6.45) is 21.0. The van der Waals surface area contributed by atoms with E-state index in [9.17, 15) is 9.90 Å². The van der Waals surface area contributed by atoms with Crippen LogP contribution in [0.5, 0.6) is 0 Å². The lowest BCUT2D eigenvalue weighted by atomic mass is 10.0. The van der Waals surface area contributed by atoms with E-state index in [1.54, 1.807) is 0 Å². The van der Waals surface area contributed by atoms with Gasteiger partial charge in [-0.2, -0.15) is 0 Å². The highest BCUT2D eigenvalue weighted by Crippen LogP contribution is 2.14. The van der Waals surface area contributed by atoms with E-state index in [-0.39, 0.29) is 0 Å². The highest BCUT2D eigenvalue weighted by Gasteiger charge is 1.99. The standard InChI is InChI=1S/C21H40O2/c1-3-5-7-9-11-12-13-15-17-19-20(21(22)23)18-16-14-10-8-6-4-2/h19H,3-18H2,1-2H3,(H,22,23)/p-1/b20-19-. The van der Waals surface area contributed by atoms with Crippen LogP contribution in [-0.4, -0.2) is 5.97 Å². The summed E-state index contributed by atoms with van der Waals surface area (Å²) in [5.74, 6) is -0.960. The number of unbranched alkanes of at least 4 members (excludes halogenated alkanes) is 13. The van der Waals surface area contributed by atoms with Crippen molar-refractivity contribution in [1.82, 2.24) is 0 Å². The first-order valence-corrected chi connectivity index (χ1v) is 10.1. The molecule has 0 bridgehead atoms. The number of carbonyl (C=O) groups excluding carboxylic acids is 1. The van der Waals surface area contributed by atoms with Crippen LogP contribution in [0.3, 0.4) is 0 Å². The van der Waals surface area contributed by atoms with Crippen LogP contribution < -0.4 is 5.11 Å². The lowest BCUT2D eigenvalue weighted by Crippen LogP contribution is -2.24. The Morgan fingerprint density at radius 2 is 1.13 bits per heavy atom. The minimum absolute atomic E-state index is 0.531. The quantitative estimate of drug-likeness (QED) is 0.245. The number of allylic oxidation sites excluding steroid dienone is 1. The third kappa shape index (κ3) is 15.9. The van der Waals surface area contributed by atoms with Gasteiger partial charge in [0.15, 0.2) is 0 Å². The first kappa shape index (κ1) is 22.2. The molecule has 23 heavy (non-hydrogen) atoms. The van der Waals surface area contributed by atoms with Crippen LogP contribution in [0, 0.1) is 0 Å². The molecule has 0 aromatic heterocycles. The molecular weight excluding hydrogens is 284 g/mol. The summed E-state index contributed by atoms with van der Waals surface area (Å²) in [6.45, 7) is 4.45. The van der Waals surface area contributed by atoms with Crippen LogP contribution in [0.2, 0.25) is 0 Å². The number of carboxylic acids is 1. The maximum absolute atomic E-state index is 11.2. The summed E-state index contributed by atoms with van der Waals surface area (Å²) >= 11 is 0. The summed E-state index contributed by atoms with van der Waals surface area (Å²) in [4.78, 5) is 11.2. The summed E-state index contributed by atoms with van der Waals surface area (Å²) in [6, 6.07) is 0. The second-order valence-corrected chi connectivity index (χ2v) is 6.80. The first-order valence-electron chi connectivity index (χ1n) is 10.1. The van der Waals surface area contributed by atoms with Gasteiger partial charge < -0.3 is 9.90 Å². The van der Waals surface area contributed by atoms with Crippen molar-refractivity contribution in [2.45, 2.75) is 117 Å². The zero-order chi connectivity index (χ0) is 17.2. The Morgan fingerprint density at radius 3 is 1.61 bits per heavy atom. The van der Waals surface area contributed by atoms with E-state index >= 15 is 0 Å². The SMILES string of the molecule is CCCCCCCCCC/C=C(/CCCCCCCC)C(=O)[O-]. The minimum atomic E-state index is -0.960. The fourth-order valence-corrected chi connectivity index (χ4v) is 2.94. The molecule has 0 aliphatic carbocycles. The lowest BCUT2D eigenvalue weighted by Gasteiger charge is -2.09. The summed E-state index contributed by atoms with van der Waals surface area (Å²) < 4.78 is 0. The van der Waals surface area contributed by atoms with Gasteiger partial charge in [0.25, 0.3) is 0 Å². The molecule has 0 heterocycles. The van der Waals surface area contributed by atoms with Crippen LogP contribution in [0.1, 0.15) is 117 Å². The summed E-state index contributed by atoms with van der Waals surface area (Å²) in [5.41, 5.74) is 0.531. The molecule has 0 aliphatic rings. The van der Waals surface area contributed by atoms with Gasteiger partial charge in [-0.15, -0.1) is 0 Å². The van der Waals surface area contributed by atoms with E-state index in [0.717, 1.165) is 25.7 Å². The normalized spacial score (nSPS) is 11.8. The molecule has 0 aromatic rings. The second kappa shape index (κ2) is 17.6. The molecule has 0 aliphatic heterocycles. The molecular formula is C21H39O2-. The third-order valence-corrected chi connectivity index (χ3v) is 4.51. The number of aliphatic carboxylic acids is 1. The molecule has 136 valence electrons.